The minimum absolute atomic E-state index is 0.0760. The van der Waals surface area contributed by atoms with E-state index in [0.717, 1.165) is 61.8 Å². The molecule has 2 aromatic heterocycles. The maximum atomic E-state index is 2.72. The van der Waals surface area contributed by atoms with Gasteiger partial charge >= 0.3 is 0 Å². The van der Waals surface area contributed by atoms with Crippen LogP contribution in [0.2, 0.25) is 0 Å². The summed E-state index contributed by atoms with van der Waals surface area (Å²) < 4.78 is 5.20. The zero-order chi connectivity index (χ0) is 68.1. The minimum atomic E-state index is -0.853. The monoisotopic (exact) mass is 1280 g/mol. The molecule has 0 atom stereocenters. The van der Waals surface area contributed by atoms with Crippen molar-refractivity contribution in [2.45, 2.75) is 110 Å². The van der Waals surface area contributed by atoms with E-state index in [1.54, 1.807) is 0 Å². The van der Waals surface area contributed by atoms with Gasteiger partial charge in [-0.2, -0.15) is 0 Å². The van der Waals surface area contributed by atoms with Crippen molar-refractivity contribution in [1.29, 1.82) is 0 Å². The molecule has 0 saturated carbocycles. The van der Waals surface area contributed by atoms with Gasteiger partial charge in [0.05, 0.1) is 33.2 Å². The SMILES string of the molecule is CC(C)(C)c1ccc2c3ccc(C(C)(C)C)cc3n(-c3ccc4c(c3)N(c3c(-c5ccccc5)cccc3-c3ccccc3)c3cc(-c5ccccc5)cc5c3B4c3ccc(-n4c6cc(C(C)(C)C)ccc6c6ccc(C(C)(C)C)cc64)cc3C5(c3ccccc3)c3ccccc3)c2c1. The van der Waals surface area contributed by atoms with E-state index in [1.165, 1.54) is 105 Å². The zero-order valence-corrected chi connectivity index (χ0v) is 59.1. The molecule has 0 N–H and O–H groups in total. The van der Waals surface area contributed by atoms with Gasteiger partial charge in [0.25, 0.3) is 0 Å². The minimum Gasteiger partial charge on any atom is -0.310 e. The molecule has 17 rings (SSSR count). The van der Waals surface area contributed by atoms with Crippen LogP contribution in [0.15, 0.2) is 291 Å². The molecule has 4 heterocycles. The fraction of sp³-hybridized carbons (Fsp3) is 0.179. The molecule has 2 aliphatic rings. The number of aromatic nitrogens is 2. The van der Waals surface area contributed by atoms with Crippen molar-refractivity contribution in [2.24, 2.45) is 0 Å². The predicted octanol–water partition coefficient (Wildman–Crippen LogP) is 23.1. The molecular weight excluding hydrogens is 1190 g/mol. The van der Waals surface area contributed by atoms with Crippen LogP contribution in [0.25, 0.3) is 88.4 Å². The second-order valence-electron chi connectivity index (χ2n) is 32.1. The lowest BCUT2D eigenvalue weighted by molar-refractivity contribution is 0.590. The molecule has 0 spiro atoms. The number of anilines is 3. The molecule has 0 unspecified atom stereocenters. The van der Waals surface area contributed by atoms with Crippen LogP contribution in [0.1, 0.15) is 128 Å². The first-order chi connectivity index (χ1) is 47.6. The van der Waals surface area contributed by atoms with Gasteiger partial charge in [0.2, 0.25) is 6.71 Å². The first-order valence-electron chi connectivity index (χ1n) is 35.5. The summed E-state index contributed by atoms with van der Waals surface area (Å²) in [6.07, 6.45) is 0. The number of rotatable bonds is 8. The standard InChI is InChI=1S/C95H84BN3/c1-91(2,3)67-41-47-75-76-48-42-68(92(4,5)6)56-84(76)97(83(75)55-67)71-45-51-81-79(59-71)95(65-35-24-16-25-36-65,66-37-26-17-27-38-66)80-53-64(61-29-18-13-19-30-61)54-88-89(80)96(81)82-52-46-72(98-85-57-69(93(7,8)9)43-49-77(85)78-50-44-70(58-86(78)98)94(10,11)12)60-87(82)99(88)90-73(62-31-20-14-21-32-62)39-28-40-74(90)63-33-22-15-23-34-63/h13-60H,1-12H3. The lowest BCUT2D eigenvalue weighted by atomic mass is 9.29. The first kappa shape index (κ1) is 61.9. The summed E-state index contributed by atoms with van der Waals surface area (Å²) >= 11 is 0. The quantitative estimate of drug-likeness (QED) is 0.138. The Bertz CT molecular complexity index is 5450. The molecule has 4 heteroatoms. The fourth-order valence-electron chi connectivity index (χ4n) is 16.7. The van der Waals surface area contributed by atoms with E-state index in [0.29, 0.717) is 0 Å². The Labute approximate surface area is 584 Å². The lowest BCUT2D eigenvalue weighted by Gasteiger charge is -2.49. The summed E-state index contributed by atoms with van der Waals surface area (Å²) in [4.78, 5) is 2.72. The average molecular weight is 1280 g/mol. The largest absolute Gasteiger partial charge is 0.310 e. The van der Waals surface area contributed by atoms with Crippen molar-refractivity contribution in [3.05, 3.63) is 336 Å². The van der Waals surface area contributed by atoms with Gasteiger partial charge in [-0.25, -0.2) is 0 Å². The van der Waals surface area contributed by atoms with Crippen LogP contribution >= 0.6 is 0 Å². The summed E-state index contributed by atoms with van der Waals surface area (Å²) in [6, 6.07) is 113. The highest BCUT2D eigenvalue weighted by Crippen LogP contribution is 2.55. The molecule has 482 valence electrons. The van der Waals surface area contributed by atoms with E-state index in [9.17, 15) is 0 Å². The van der Waals surface area contributed by atoms with E-state index in [-0.39, 0.29) is 28.4 Å². The lowest BCUT2D eigenvalue weighted by Crippen LogP contribution is -2.65. The van der Waals surface area contributed by atoms with Gasteiger partial charge in [-0.3, -0.25) is 0 Å². The number of fused-ring (bicyclic) bond motifs is 10. The molecule has 15 aromatic rings. The van der Waals surface area contributed by atoms with Crippen LogP contribution in [-0.2, 0) is 27.1 Å². The van der Waals surface area contributed by atoms with Crippen molar-refractivity contribution in [2.75, 3.05) is 4.90 Å². The Balaban J connectivity index is 1.06. The van der Waals surface area contributed by atoms with Crippen LogP contribution in [0.3, 0.4) is 0 Å². The fourth-order valence-corrected chi connectivity index (χ4v) is 16.7. The van der Waals surface area contributed by atoms with Gasteiger partial charge < -0.3 is 14.0 Å². The Morgan fingerprint density at radius 3 is 1.06 bits per heavy atom. The summed E-state index contributed by atoms with van der Waals surface area (Å²) in [5.41, 5.74) is 30.3. The van der Waals surface area contributed by atoms with Gasteiger partial charge in [0.15, 0.2) is 0 Å². The van der Waals surface area contributed by atoms with E-state index < -0.39 is 5.41 Å². The van der Waals surface area contributed by atoms with Crippen molar-refractivity contribution in [1.82, 2.24) is 9.13 Å². The third kappa shape index (κ3) is 9.91. The smallest absolute Gasteiger partial charge is 0.247 e. The average Bonchev–Trinajstić information content (AvgIpc) is 0.777. The molecule has 0 amide bonds. The summed E-state index contributed by atoms with van der Waals surface area (Å²) in [7, 11) is 0. The zero-order valence-electron chi connectivity index (χ0n) is 59.1. The maximum Gasteiger partial charge on any atom is 0.247 e. The third-order valence-corrected chi connectivity index (χ3v) is 21.9. The Hall–Kier alpha value is -10.7. The summed E-state index contributed by atoms with van der Waals surface area (Å²) in [6.45, 7) is 27.8. The van der Waals surface area contributed by atoms with Crippen LogP contribution in [0, 0.1) is 0 Å². The van der Waals surface area contributed by atoms with E-state index >= 15 is 0 Å². The highest BCUT2D eigenvalue weighted by atomic mass is 15.2. The van der Waals surface area contributed by atoms with Crippen LogP contribution in [0.4, 0.5) is 17.1 Å². The molecule has 99 heavy (non-hydrogen) atoms. The predicted molar refractivity (Wildman–Crippen MR) is 424 cm³/mol. The molecule has 13 aromatic carbocycles. The molecule has 0 saturated heterocycles. The first-order valence-corrected chi connectivity index (χ1v) is 35.5. The van der Waals surface area contributed by atoms with Gasteiger partial charge in [0, 0.05) is 55.4 Å². The van der Waals surface area contributed by atoms with Crippen molar-refractivity contribution < 1.29 is 0 Å². The Morgan fingerprint density at radius 1 is 0.283 bits per heavy atom. The second-order valence-corrected chi connectivity index (χ2v) is 32.1. The van der Waals surface area contributed by atoms with E-state index in [2.05, 4.69) is 388 Å². The second kappa shape index (κ2) is 22.7. The van der Waals surface area contributed by atoms with Crippen LogP contribution in [0.5, 0.6) is 0 Å². The number of benzene rings is 13. The van der Waals surface area contributed by atoms with Gasteiger partial charge in [-0.1, -0.05) is 319 Å². The molecule has 3 nitrogen and oxygen atoms in total. The van der Waals surface area contributed by atoms with Gasteiger partial charge in [-0.05, 0) is 160 Å². The van der Waals surface area contributed by atoms with Crippen molar-refractivity contribution in [3.63, 3.8) is 0 Å². The normalized spacial score (nSPS) is 13.7. The van der Waals surface area contributed by atoms with Gasteiger partial charge in [-0.15, -0.1) is 0 Å². The highest BCUT2D eigenvalue weighted by molar-refractivity contribution is 6.99. The van der Waals surface area contributed by atoms with Crippen LogP contribution in [-0.4, -0.2) is 15.8 Å². The molecule has 0 fully saturated rings. The molecule has 0 radical (unpaired) electrons. The maximum absolute atomic E-state index is 2.72. The number of nitrogens with zero attached hydrogens (tertiary/aromatic N) is 3. The molecule has 0 aliphatic carbocycles. The molecule has 0 bridgehead atoms. The number of hydrogen-bond donors (Lipinski definition) is 0. The topological polar surface area (TPSA) is 13.1 Å². The molecular formula is C95H84BN3. The van der Waals surface area contributed by atoms with E-state index in [1.807, 2.05) is 0 Å². The van der Waals surface area contributed by atoms with Gasteiger partial charge in [0.1, 0.15) is 0 Å². The molecule has 2 aliphatic heterocycles. The van der Waals surface area contributed by atoms with Crippen molar-refractivity contribution >= 4 is 83.8 Å². The Morgan fingerprint density at radius 2 is 0.657 bits per heavy atom. The van der Waals surface area contributed by atoms with E-state index in [4.69, 9.17) is 0 Å². The summed E-state index contributed by atoms with van der Waals surface area (Å²) in [5.74, 6) is 0. The highest BCUT2D eigenvalue weighted by Gasteiger charge is 2.52. The number of hydrogen-bond acceptors (Lipinski definition) is 1. The van der Waals surface area contributed by atoms with Crippen LogP contribution < -0.4 is 21.3 Å². The number of para-hydroxylation sites is 1. The summed E-state index contributed by atoms with van der Waals surface area (Å²) in [5, 5.41) is 5.01. The van der Waals surface area contributed by atoms with Crippen molar-refractivity contribution in [3.8, 4) is 44.8 Å². The third-order valence-electron chi connectivity index (χ3n) is 21.9. The Kier molecular flexibility index (Phi) is 14.2.